The van der Waals surface area contributed by atoms with Gasteiger partial charge >= 0.3 is 0 Å². The van der Waals surface area contributed by atoms with Crippen molar-refractivity contribution in [2.24, 2.45) is 5.41 Å². The van der Waals surface area contributed by atoms with Crippen LogP contribution in [-0.4, -0.2) is 58.6 Å². The standard InChI is InChI=1S/C22H33N5O2/c1-4-7-18(2)26-16-22(17-26,15-19-8-5-9-20(14-19)29-3)21(28)23-10-6-12-27-13-11-24-25-27/h5,8-9,11,13-14,18H,4,6-7,10,12,15-17H2,1-3H3,(H,23,28). The summed E-state index contributed by atoms with van der Waals surface area (Å²) in [6.45, 7) is 7.48. The first-order valence-corrected chi connectivity index (χ1v) is 10.6. The van der Waals surface area contributed by atoms with Gasteiger partial charge < -0.3 is 10.1 Å². The number of carbonyl (C=O) groups excluding carboxylic acids is 1. The molecule has 0 saturated carbocycles. The molecule has 1 N–H and O–H groups in total. The summed E-state index contributed by atoms with van der Waals surface area (Å²) < 4.78 is 7.15. The van der Waals surface area contributed by atoms with Crippen LogP contribution in [0.2, 0.25) is 0 Å². The van der Waals surface area contributed by atoms with Gasteiger partial charge in [0.25, 0.3) is 0 Å². The van der Waals surface area contributed by atoms with Gasteiger partial charge in [-0.1, -0.05) is 30.7 Å². The van der Waals surface area contributed by atoms with Crippen molar-refractivity contribution in [3.63, 3.8) is 0 Å². The van der Waals surface area contributed by atoms with E-state index < -0.39 is 0 Å². The van der Waals surface area contributed by atoms with Crippen molar-refractivity contribution in [1.29, 1.82) is 0 Å². The summed E-state index contributed by atoms with van der Waals surface area (Å²) in [6, 6.07) is 8.57. The van der Waals surface area contributed by atoms with Gasteiger partial charge in [-0.2, -0.15) is 0 Å². The highest BCUT2D eigenvalue weighted by Gasteiger charge is 2.49. The molecule has 7 nitrogen and oxygen atoms in total. The maximum atomic E-state index is 13.2. The number of nitrogens with zero attached hydrogens (tertiary/aromatic N) is 4. The number of hydrogen-bond donors (Lipinski definition) is 1. The van der Waals surface area contributed by atoms with Crippen molar-refractivity contribution in [2.75, 3.05) is 26.7 Å². The first kappa shape index (κ1) is 21.3. The van der Waals surface area contributed by atoms with Crippen molar-refractivity contribution in [1.82, 2.24) is 25.2 Å². The second kappa shape index (κ2) is 9.87. The second-order valence-electron chi connectivity index (χ2n) is 8.13. The molecule has 1 aromatic carbocycles. The Labute approximate surface area is 173 Å². The molecule has 1 fully saturated rings. The van der Waals surface area contributed by atoms with E-state index in [1.165, 1.54) is 0 Å². The van der Waals surface area contributed by atoms with Crippen molar-refractivity contribution in [2.45, 2.75) is 52.1 Å². The SMILES string of the molecule is CCCC(C)N1CC(Cc2cccc(OC)c2)(C(=O)NCCCn2ccnn2)C1. The van der Waals surface area contributed by atoms with Gasteiger partial charge in [-0.3, -0.25) is 14.4 Å². The van der Waals surface area contributed by atoms with Crippen LogP contribution in [0, 0.1) is 5.41 Å². The highest BCUT2D eigenvalue weighted by molar-refractivity contribution is 5.84. The van der Waals surface area contributed by atoms with E-state index in [-0.39, 0.29) is 11.3 Å². The smallest absolute Gasteiger partial charge is 0.229 e. The molecule has 1 amide bonds. The average Bonchev–Trinajstić information content (AvgIpc) is 3.21. The predicted octanol–water partition coefficient (Wildman–Crippen LogP) is 2.53. The van der Waals surface area contributed by atoms with E-state index in [9.17, 15) is 4.79 Å². The molecule has 1 aromatic heterocycles. The number of likely N-dealkylation sites (tertiary alicyclic amines) is 1. The van der Waals surface area contributed by atoms with Crippen LogP contribution >= 0.6 is 0 Å². The number of aromatic nitrogens is 3. The zero-order valence-corrected chi connectivity index (χ0v) is 17.8. The number of aryl methyl sites for hydroxylation is 1. The summed E-state index contributed by atoms with van der Waals surface area (Å²) in [5, 5.41) is 10.9. The predicted molar refractivity (Wildman–Crippen MR) is 113 cm³/mol. The van der Waals surface area contributed by atoms with Gasteiger partial charge in [-0.25, -0.2) is 0 Å². The van der Waals surface area contributed by atoms with E-state index in [4.69, 9.17) is 4.74 Å². The quantitative estimate of drug-likeness (QED) is 0.588. The third-order valence-corrected chi connectivity index (χ3v) is 5.82. The molecule has 3 rings (SSSR count). The van der Waals surface area contributed by atoms with Crippen LogP contribution < -0.4 is 10.1 Å². The van der Waals surface area contributed by atoms with E-state index in [1.807, 2.05) is 24.4 Å². The van der Waals surface area contributed by atoms with E-state index in [0.29, 0.717) is 12.6 Å². The molecule has 0 aliphatic carbocycles. The number of methoxy groups -OCH3 is 1. The number of benzene rings is 1. The summed E-state index contributed by atoms with van der Waals surface area (Å²) in [5.41, 5.74) is 0.770. The topological polar surface area (TPSA) is 72.3 Å². The van der Waals surface area contributed by atoms with E-state index in [2.05, 4.69) is 40.4 Å². The first-order chi connectivity index (χ1) is 14.1. The lowest BCUT2D eigenvalue weighted by Crippen LogP contribution is -2.66. The Balaban J connectivity index is 1.61. The van der Waals surface area contributed by atoms with Gasteiger partial charge in [0.1, 0.15) is 5.75 Å². The van der Waals surface area contributed by atoms with Crippen LogP contribution in [0.15, 0.2) is 36.7 Å². The Kier molecular flexibility index (Phi) is 7.25. The van der Waals surface area contributed by atoms with Crippen molar-refractivity contribution in [3.05, 3.63) is 42.2 Å². The average molecular weight is 400 g/mol. The van der Waals surface area contributed by atoms with E-state index in [0.717, 1.165) is 56.6 Å². The fraction of sp³-hybridized carbons (Fsp3) is 0.591. The third-order valence-electron chi connectivity index (χ3n) is 5.82. The molecule has 2 heterocycles. The summed E-state index contributed by atoms with van der Waals surface area (Å²) >= 11 is 0. The molecule has 1 unspecified atom stereocenters. The summed E-state index contributed by atoms with van der Waals surface area (Å²) in [5.74, 6) is 0.986. The molecule has 1 saturated heterocycles. The van der Waals surface area contributed by atoms with E-state index >= 15 is 0 Å². The zero-order chi connectivity index (χ0) is 20.7. The molecule has 7 heteroatoms. The minimum atomic E-state index is -0.373. The molecule has 1 aliphatic heterocycles. The fourth-order valence-electron chi connectivity index (χ4n) is 4.13. The number of rotatable bonds is 11. The van der Waals surface area contributed by atoms with Gasteiger partial charge in [0, 0.05) is 38.4 Å². The number of ether oxygens (including phenoxy) is 1. The molecule has 158 valence electrons. The molecule has 2 aromatic rings. The molecular formula is C22H33N5O2. The van der Waals surface area contributed by atoms with Crippen molar-refractivity contribution in [3.8, 4) is 5.75 Å². The monoisotopic (exact) mass is 399 g/mol. The number of carbonyl (C=O) groups is 1. The molecular weight excluding hydrogens is 366 g/mol. The lowest BCUT2D eigenvalue weighted by atomic mass is 9.73. The number of hydrogen-bond acceptors (Lipinski definition) is 5. The van der Waals surface area contributed by atoms with Crippen LogP contribution in [0.5, 0.6) is 5.75 Å². The van der Waals surface area contributed by atoms with Gasteiger partial charge in [0.15, 0.2) is 0 Å². The third kappa shape index (κ3) is 5.35. The maximum Gasteiger partial charge on any atom is 0.229 e. The molecule has 1 aliphatic rings. The molecule has 0 bridgehead atoms. The molecule has 0 radical (unpaired) electrons. The lowest BCUT2D eigenvalue weighted by Gasteiger charge is -2.51. The van der Waals surface area contributed by atoms with Gasteiger partial charge in [0.05, 0.1) is 18.7 Å². The summed E-state index contributed by atoms with van der Waals surface area (Å²) in [4.78, 5) is 15.6. The normalized spacial score (nSPS) is 16.8. The van der Waals surface area contributed by atoms with Crippen LogP contribution in [0.4, 0.5) is 0 Å². The Morgan fingerprint density at radius 1 is 1.38 bits per heavy atom. The van der Waals surface area contributed by atoms with Crippen LogP contribution in [0.3, 0.4) is 0 Å². The summed E-state index contributed by atoms with van der Waals surface area (Å²) in [6.07, 6.45) is 7.39. The Morgan fingerprint density at radius 3 is 2.90 bits per heavy atom. The van der Waals surface area contributed by atoms with Gasteiger partial charge in [0.2, 0.25) is 5.91 Å². The minimum absolute atomic E-state index is 0.152. The highest BCUT2D eigenvalue weighted by Crippen LogP contribution is 2.37. The Morgan fingerprint density at radius 2 is 2.21 bits per heavy atom. The van der Waals surface area contributed by atoms with E-state index in [1.54, 1.807) is 18.0 Å². The second-order valence-corrected chi connectivity index (χ2v) is 8.13. The molecule has 29 heavy (non-hydrogen) atoms. The van der Waals surface area contributed by atoms with Gasteiger partial charge in [-0.05, 0) is 43.9 Å². The van der Waals surface area contributed by atoms with Gasteiger partial charge in [-0.15, -0.1) is 5.10 Å². The minimum Gasteiger partial charge on any atom is -0.497 e. The number of amides is 1. The number of nitrogens with one attached hydrogen (secondary N) is 1. The fourth-order valence-corrected chi connectivity index (χ4v) is 4.13. The van der Waals surface area contributed by atoms with Crippen molar-refractivity contribution >= 4 is 5.91 Å². The van der Waals surface area contributed by atoms with Crippen LogP contribution in [0.25, 0.3) is 0 Å². The largest absolute Gasteiger partial charge is 0.497 e. The zero-order valence-electron chi connectivity index (χ0n) is 17.8. The lowest BCUT2D eigenvalue weighted by molar-refractivity contribution is -0.144. The highest BCUT2D eigenvalue weighted by atomic mass is 16.5. The Bertz CT molecular complexity index is 771. The van der Waals surface area contributed by atoms with Crippen LogP contribution in [-0.2, 0) is 17.8 Å². The molecule has 0 spiro atoms. The van der Waals surface area contributed by atoms with Crippen molar-refractivity contribution < 1.29 is 9.53 Å². The van der Waals surface area contributed by atoms with Crippen LogP contribution in [0.1, 0.15) is 38.7 Å². The first-order valence-electron chi connectivity index (χ1n) is 10.6. The maximum absolute atomic E-state index is 13.2. The summed E-state index contributed by atoms with van der Waals surface area (Å²) in [7, 11) is 1.67. The molecule has 1 atom stereocenters. The Hall–Kier alpha value is -2.41.